The molecule has 3 aromatic rings. The summed E-state index contributed by atoms with van der Waals surface area (Å²) in [6, 6.07) is 8.83. The molecule has 3 aliphatic rings. The van der Waals surface area contributed by atoms with E-state index in [4.69, 9.17) is 4.74 Å². The van der Waals surface area contributed by atoms with Gasteiger partial charge in [0.25, 0.3) is 0 Å². The maximum Gasteiger partial charge on any atom is 0.512 e. The molecule has 0 radical (unpaired) electrons. The van der Waals surface area contributed by atoms with E-state index in [0.717, 1.165) is 78.7 Å². The lowest BCUT2D eigenvalue weighted by molar-refractivity contribution is -0.133. The van der Waals surface area contributed by atoms with Gasteiger partial charge in [-0.1, -0.05) is 30.6 Å². The predicted octanol–water partition coefficient (Wildman–Crippen LogP) is 6.70. The summed E-state index contributed by atoms with van der Waals surface area (Å²) in [5.74, 6) is 0.0643. The largest absolute Gasteiger partial charge is 0.512 e. The molecule has 4 heterocycles. The van der Waals surface area contributed by atoms with Crippen LogP contribution in [0.25, 0.3) is 21.5 Å². The number of hydrogen-bond donors (Lipinski definition) is 1. The second kappa shape index (κ2) is 11.3. The molecule has 2 aliphatic heterocycles. The number of fused-ring (bicyclic) bond motifs is 1. The van der Waals surface area contributed by atoms with Gasteiger partial charge in [0, 0.05) is 25.2 Å². The number of aromatic nitrogens is 1. The van der Waals surface area contributed by atoms with E-state index in [1.165, 1.54) is 55.8 Å². The van der Waals surface area contributed by atoms with E-state index < -0.39 is 6.16 Å². The minimum Gasteiger partial charge on any atom is -0.449 e. The lowest BCUT2D eigenvalue weighted by Gasteiger charge is -2.36. The zero-order chi connectivity index (χ0) is 26.9. The summed E-state index contributed by atoms with van der Waals surface area (Å²) in [6.07, 6.45) is 8.75. The van der Waals surface area contributed by atoms with Gasteiger partial charge in [-0.25, -0.2) is 9.18 Å². The van der Waals surface area contributed by atoms with Crippen LogP contribution in [0.3, 0.4) is 0 Å². The van der Waals surface area contributed by atoms with E-state index in [1.54, 1.807) is 18.2 Å². The Kier molecular flexibility index (Phi) is 7.62. The van der Waals surface area contributed by atoms with E-state index in [2.05, 4.69) is 4.90 Å². The molecule has 0 bridgehead atoms. The molecule has 1 N–H and O–H groups in total. The number of piperidine rings is 1. The van der Waals surface area contributed by atoms with Crippen LogP contribution >= 0.6 is 11.3 Å². The SMILES string of the molecule is O=C(O)Oc1cc2c(s1)c(C1CCCCC1)c(-c1ccc(F)cc1)n2CC(=O)N1CCC(N2CCCC2)CC1. The first-order valence-corrected chi connectivity index (χ1v) is 15.1. The Labute approximate surface area is 232 Å². The van der Waals surface area contributed by atoms with Gasteiger partial charge in [0.1, 0.15) is 12.4 Å². The summed E-state index contributed by atoms with van der Waals surface area (Å²) >= 11 is 1.33. The highest BCUT2D eigenvalue weighted by molar-refractivity contribution is 7.21. The molecular formula is C30H36FN3O4S. The topological polar surface area (TPSA) is 75.0 Å². The second-order valence-electron chi connectivity index (χ2n) is 11.2. The third-order valence-corrected chi connectivity index (χ3v) is 9.87. The van der Waals surface area contributed by atoms with Crippen LogP contribution in [-0.4, -0.2) is 63.8 Å². The number of likely N-dealkylation sites (tertiary alicyclic amines) is 2. The molecule has 1 aliphatic carbocycles. The van der Waals surface area contributed by atoms with Crippen molar-refractivity contribution in [1.29, 1.82) is 0 Å². The van der Waals surface area contributed by atoms with Crippen molar-refractivity contribution in [3.63, 3.8) is 0 Å². The van der Waals surface area contributed by atoms with Crippen LogP contribution in [0.1, 0.15) is 69.3 Å². The first-order chi connectivity index (χ1) is 19.0. The highest BCUT2D eigenvalue weighted by atomic mass is 32.1. The quantitative estimate of drug-likeness (QED) is 0.344. The van der Waals surface area contributed by atoms with Crippen molar-refractivity contribution < 1.29 is 23.8 Å². The molecule has 9 heteroatoms. The third-order valence-electron chi connectivity index (χ3n) is 8.84. The molecule has 39 heavy (non-hydrogen) atoms. The van der Waals surface area contributed by atoms with E-state index in [9.17, 15) is 19.1 Å². The van der Waals surface area contributed by atoms with E-state index in [-0.39, 0.29) is 18.3 Å². The number of amides is 1. The molecule has 0 spiro atoms. The fourth-order valence-electron chi connectivity index (χ4n) is 6.94. The van der Waals surface area contributed by atoms with Gasteiger partial charge in [0.05, 0.1) is 15.9 Å². The molecule has 6 rings (SSSR count). The Morgan fingerprint density at radius 2 is 1.64 bits per heavy atom. The van der Waals surface area contributed by atoms with Crippen molar-refractivity contribution in [2.75, 3.05) is 26.2 Å². The van der Waals surface area contributed by atoms with E-state index >= 15 is 0 Å². The standard InChI is InChI=1S/C30H36FN3O4S/c31-22-10-8-21(9-11-22)28-27(20-6-2-1-3-7-20)29-24(18-26(39-29)38-30(36)37)34(28)19-25(35)33-16-12-23(13-17-33)32-14-4-5-15-32/h8-11,18,20,23H,1-7,12-17,19H2,(H,36,37). The molecule has 1 amide bonds. The molecule has 1 aromatic carbocycles. The summed E-state index contributed by atoms with van der Waals surface area (Å²) in [6.45, 7) is 4.01. The monoisotopic (exact) mass is 553 g/mol. The number of halogens is 1. The summed E-state index contributed by atoms with van der Waals surface area (Å²) in [4.78, 5) is 29.7. The van der Waals surface area contributed by atoms with Crippen LogP contribution in [-0.2, 0) is 11.3 Å². The van der Waals surface area contributed by atoms with Crippen LogP contribution in [0.15, 0.2) is 30.3 Å². The van der Waals surface area contributed by atoms with Gasteiger partial charge in [-0.05, 0) is 92.9 Å². The molecule has 1 saturated carbocycles. The molecule has 0 unspecified atom stereocenters. The maximum absolute atomic E-state index is 13.9. The minimum absolute atomic E-state index is 0.0669. The first-order valence-electron chi connectivity index (χ1n) is 14.3. The smallest absolute Gasteiger partial charge is 0.449 e. The number of carboxylic acid groups (broad SMARTS) is 1. The fourth-order valence-corrected chi connectivity index (χ4v) is 8.07. The van der Waals surface area contributed by atoms with Gasteiger partial charge in [-0.15, -0.1) is 0 Å². The lowest BCUT2D eigenvalue weighted by atomic mass is 9.83. The summed E-state index contributed by atoms with van der Waals surface area (Å²) in [5.41, 5.74) is 3.78. The Balaban J connectivity index is 1.37. The van der Waals surface area contributed by atoms with Crippen molar-refractivity contribution in [3.05, 3.63) is 41.7 Å². The van der Waals surface area contributed by atoms with Gasteiger partial charge >= 0.3 is 6.16 Å². The number of hydrogen-bond acceptors (Lipinski definition) is 5. The van der Waals surface area contributed by atoms with Crippen LogP contribution in [0.4, 0.5) is 9.18 Å². The van der Waals surface area contributed by atoms with Crippen LogP contribution in [0.2, 0.25) is 0 Å². The summed E-state index contributed by atoms with van der Waals surface area (Å²) < 4.78 is 22.0. The Bertz CT molecular complexity index is 1330. The van der Waals surface area contributed by atoms with Crippen molar-refractivity contribution in [2.24, 2.45) is 0 Å². The van der Waals surface area contributed by atoms with Crippen molar-refractivity contribution in [3.8, 4) is 16.3 Å². The molecule has 7 nitrogen and oxygen atoms in total. The second-order valence-corrected chi connectivity index (χ2v) is 12.2. The van der Waals surface area contributed by atoms with Crippen LogP contribution < -0.4 is 4.74 Å². The van der Waals surface area contributed by atoms with E-state index in [0.29, 0.717) is 17.0 Å². The number of benzene rings is 1. The Hall–Kier alpha value is -2.91. The number of nitrogens with zero attached hydrogens (tertiary/aromatic N) is 3. The van der Waals surface area contributed by atoms with Crippen LogP contribution in [0, 0.1) is 5.82 Å². The van der Waals surface area contributed by atoms with Crippen LogP contribution in [0.5, 0.6) is 5.06 Å². The highest BCUT2D eigenvalue weighted by Gasteiger charge is 2.32. The molecule has 2 saturated heterocycles. The molecule has 208 valence electrons. The normalized spacial score (nSPS) is 19.7. The molecular weight excluding hydrogens is 517 g/mol. The van der Waals surface area contributed by atoms with Gasteiger partial charge in [-0.3, -0.25) is 4.79 Å². The lowest BCUT2D eigenvalue weighted by Crippen LogP contribution is -2.46. The number of rotatable bonds is 6. The van der Waals surface area contributed by atoms with Gasteiger partial charge in [0.2, 0.25) is 5.91 Å². The van der Waals surface area contributed by atoms with Crippen molar-refractivity contribution in [1.82, 2.24) is 14.4 Å². The Morgan fingerprint density at radius 1 is 0.949 bits per heavy atom. The fraction of sp³-hybridized carbons (Fsp3) is 0.533. The predicted molar refractivity (Wildman–Crippen MR) is 150 cm³/mol. The number of ether oxygens (including phenoxy) is 1. The average molecular weight is 554 g/mol. The Morgan fingerprint density at radius 3 is 2.31 bits per heavy atom. The van der Waals surface area contributed by atoms with Crippen molar-refractivity contribution in [2.45, 2.75) is 76.3 Å². The summed E-state index contributed by atoms with van der Waals surface area (Å²) in [7, 11) is 0. The summed E-state index contributed by atoms with van der Waals surface area (Å²) in [5, 5.41) is 9.58. The molecule has 2 aromatic heterocycles. The number of carbonyl (C=O) groups is 2. The highest BCUT2D eigenvalue weighted by Crippen LogP contribution is 2.48. The zero-order valence-electron chi connectivity index (χ0n) is 22.2. The molecule has 3 fully saturated rings. The van der Waals surface area contributed by atoms with E-state index in [1.807, 2.05) is 9.47 Å². The third kappa shape index (κ3) is 5.43. The van der Waals surface area contributed by atoms with Gasteiger partial charge in [0.15, 0.2) is 5.06 Å². The maximum atomic E-state index is 13.9. The zero-order valence-corrected chi connectivity index (χ0v) is 23.1. The number of carbonyl (C=O) groups excluding carboxylic acids is 1. The molecule has 0 atom stereocenters. The number of thiophene rings is 1. The first kappa shape index (κ1) is 26.3. The van der Waals surface area contributed by atoms with Crippen molar-refractivity contribution >= 4 is 33.6 Å². The van der Waals surface area contributed by atoms with Gasteiger partial charge in [-0.2, -0.15) is 0 Å². The van der Waals surface area contributed by atoms with Gasteiger partial charge < -0.3 is 24.2 Å². The minimum atomic E-state index is -1.35. The average Bonchev–Trinajstić information content (AvgIpc) is 3.67.